The van der Waals surface area contributed by atoms with Gasteiger partial charge in [-0.3, -0.25) is 20.2 Å². The molecule has 0 saturated heterocycles. The molecule has 8 nitrogen and oxygen atoms in total. The maximum Gasteiger partial charge on any atom is 0.285 e. The van der Waals surface area contributed by atoms with Gasteiger partial charge in [0.1, 0.15) is 11.7 Å². The Labute approximate surface area is 102 Å². The largest absolute Gasteiger partial charge is 0.393 e. The van der Waals surface area contributed by atoms with E-state index in [9.17, 15) is 25.3 Å². The molecule has 0 bridgehead atoms. The highest BCUT2D eigenvalue weighted by molar-refractivity contribution is 5.62. The van der Waals surface area contributed by atoms with Crippen LogP contribution in [-0.2, 0) is 0 Å². The van der Waals surface area contributed by atoms with Gasteiger partial charge in [0, 0.05) is 11.6 Å². The van der Waals surface area contributed by atoms with Crippen LogP contribution in [0.15, 0.2) is 6.07 Å². The Morgan fingerprint density at radius 2 is 1.83 bits per heavy atom. The van der Waals surface area contributed by atoms with Crippen molar-refractivity contribution in [3.05, 3.63) is 43.0 Å². The third-order valence-electron chi connectivity index (χ3n) is 2.72. The average molecular weight is 256 g/mol. The fraction of sp³-hybridized carbons (Fsp3) is 0.400. The summed E-state index contributed by atoms with van der Waals surface area (Å²) in [7, 11) is 0. The number of aliphatic hydroxyl groups excluding tert-OH is 2. The normalized spacial score (nSPS) is 12.2. The Morgan fingerprint density at radius 1 is 1.28 bits per heavy atom. The minimum atomic E-state index is -1.66. The van der Waals surface area contributed by atoms with E-state index in [0.717, 1.165) is 6.07 Å². The molecule has 0 aliphatic carbocycles. The quantitative estimate of drug-likeness (QED) is 0.614. The summed E-state index contributed by atoms with van der Waals surface area (Å²) in [6.45, 7) is 2.11. The number of nitro groups is 2. The van der Waals surface area contributed by atoms with E-state index in [2.05, 4.69) is 0 Å². The molecule has 0 aromatic heterocycles. The lowest BCUT2D eigenvalue weighted by Crippen LogP contribution is -2.11. The standard InChI is InChI=1S/C10H12N2O6/c1-5-3-7(11(15)16)9(8(14)4-13)10(6(5)2)12(17)18/h3,8,13-14H,4H2,1-2H3. The van der Waals surface area contributed by atoms with Gasteiger partial charge in [0.2, 0.25) is 0 Å². The molecule has 1 aromatic rings. The van der Waals surface area contributed by atoms with Gasteiger partial charge in [0.15, 0.2) is 0 Å². The van der Waals surface area contributed by atoms with Gasteiger partial charge in [-0.25, -0.2) is 0 Å². The highest BCUT2D eigenvalue weighted by Gasteiger charge is 2.33. The minimum absolute atomic E-state index is 0.230. The fourth-order valence-electron chi connectivity index (χ4n) is 1.71. The van der Waals surface area contributed by atoms with Crippen LogP contribution >= 0.6 is 0 Å². The van der Waals surface area contributed by atoms with Crippen LogP contribution in [0.1, 0.15) is 22.8 Å². The summed E-state index contributed by atoms with van der Waals surface area (Å²) in [6, 6.07) is 1.15. The van der Waals surface area contributed by atoms with Crippen molar-refractivity contribution in [1.29, 1.82) is 0 Å². The maximum absolute atomic E-state index is 11.0. The third kappa shape index (κ3) is 2.29. The molecule has 0 aliphatic rings. The van der Waals surface area contributed by atoms with E-state index in [4.69, 9.17) is 5.11 Å². The van der Waals surface area contributed by atoms with Crippen molar-refractivity contribution < 1.29 is 20.1 Å². The van der Waals surface area contributed by atoms with E-state index in [0.29, 0.717) is 5.56 Å². The summed E-state index contributed by atoms with van der Waals surface area (Å²) in [5.74, 6) is 0. The number of nitrogens with zero attached hydrogens (tertiary/aromatic N) is 2. The fourth-order valence-corrected chi connectivity index (χ4v) is 1.71. The van der Waals surface area contributed by atoms with E-state index in [1.165, 1.54) is 13.8 Å². The Hall–Kier alpha value is -2.06. The molecule has 0 heterocycles. The van der Waals surface area contributed by atoms with Crippen molar-refractivity contribution in [1.82, 2.24) is 0 Å². The lowest BCUT2D eigenvalue weighted by atomic mass is 9.97. The van der Waals surface area contributed by atoms with Gasteiger partial charge in [-0.1, -0.05) is 0 Å². The topological polar surface area (TPSA) is 127 Å². The zero-order valence-corrected chi connectivity index (χ0v) is 9.78. The van der Waals surface area contributed by atoms with E-state index in [1.54, 1.807) is 0 Å². The molecule has 0 spiro atoms. The molecule has 1 rings (SSSR count). The predicted octanol–water partition coefficient (Wildman–Crippen LogP) is 1.15. The lowest BCUT2D eigenvalue weighted by Gasteiger charge is -2.12. The lowest BCUT2D eigenvalue weighted by molar-refractivity contribution is -0.397. The number of rotatable bonds is 4. The van der Waals surface area contributed by atoms with Crippen LogP contribution < -0.4 is 0 Å². The molecule has 98 valence electrons. The molecule has 0 saturated carbocycles. The number of hydrogen-bond acceptors (Lipinski definition) is 6. The molecule has 0 radical (unpaired) electrons. The summed E-state index contributed by atoms with van der Waals surface area (Å²) in [6.07, 6.45) is -1.66. The summed E-state index contributed by atoms with van der Waals surface area (Å²) in [4.78, 5) is 20.3. The second-order valence-corrected chi connectivity index (χ2v) is 3.81. The van der Waals surface area contributed by atoms with Crippen molar-refractivity contribution >= 4 is 11.4 Å². The molecule has 18 heavy (non-hydrogen) atoms. The molecule has 1 aromatic carbocycles. The first-order chi connectivity index (χ1) is 8.31. The maximum atomic E-state index is 11.0. The van der Waals surface area contributed by atoms with Gasteiger partial charge in [-0.05, 0) is 19.4 Å². The van der Waals surface area contributed by atoms with Crippen LogP contribution in [0.2, 0.25) is 0 Å². The van der Waals surface area contributed by atoms with Crippen LogP contribution in [0.3, 0.4) is 0 Å². The van der Waals surface area contributed by atoms with E-state index in [1.807, 2.05) is 0 Å². The molecule has 1 atom stereocenters. The average Bonchev–Trinajstić information content (AvgIpc) is 2.29. The first-order valence-electron chi connectivity index (χ1n) is 5.03. The van der Waals surface area contributed by atoms with Crippen LogP contribution in [-0.4, -0.2) is 26.7 Å². The summed E-state index contributed by atoms with van der Waals surface area (Å²) in [5, 5.41) is 40.3. The SMILES string of the molecule is Cc1cc([N+](=O)[O-])c(C(O)CO)c([N+](=O)[O-])c1C. The van der Waals surface area contributed by atoms with Crippen molar-refractivity contribution in [2.24, 2.45) is 0 Å². The van der Waals surface area contributed by atoms with E-state index in [-0.39, 0.29) is 5.56 Å². The number of nitro benzene ring substituents is 2. The Balaban J connectivity index is 3.74. The summed E-state index contributed by atoms with van der Waals surface area (Å²) < 4.78 is 0. The number of aryl methyl sites for hydroxylation is 1. The number of hydrogen-bond donors (Lipinski definition) is 2. The second kappa shape index (κ2) is 5.07. The van der Waals surface area contributed by atoms with Gasteiger partial charge in [0.25, 0.3) is 11.4 Å². The Kier molecular flexibility index (Phi) is 3.94. The van der Waals surface area contributed by atoms with Gasteiger partial charge in [-0.15, -0.1) is 0 Å². The van der Waals surface area contributed by atoms with Crippen molar-refractivity contribution in [2.75, 3.05) is 6.61 Å². The van der Waals surface area contributed by atoms with Crippen LogP contribution in [0.4, 0.5) is 11.4 Å². The van der Waals surface area contributed by atoms with Gasteiger partial charge in [-0.2, -0.15) is 0 Å². The van der Waals surface area contributed by atoms with Gasteiger partial charge < -0.3 is 10.2 Å². The minimum Gasteiger partial charge on any atom is -0.393 e. The first kappa shape index (κ1) is 14.0. The summed E-state index contributed by atoms with van der Waals surface area (Å²) in [5.41, 5.74) is -0.944. The van der Waals surface area contributed by atoms with Crippen molar-refractivity contribution in [3.63, 3.8) is 0 Å². The molecule has 0 fully saturated rings. The predicted molar refractivity (Wildman–Crippen MR) is 61.3 cm³/mol. The molecule has 0 aliphatic heterocycles. The van der Waals surface area contributed by atoms with Crippen molar-refractivity contribution in [2.45, 2.75) is 20.0 Å². The highest BCUT2D eigenvalue weighted by atomic mass is 16.6. The summed E-state index contributed by atoms with van der Waals surface area (Å²) >= 11 is 0. The van der Waals surface area contributed by atoms with E-state index >= 15 is 0 Å². The zero-order chi connectivity index (χ0) is 14.0. The Morgan fingerprint density at radius 3 is 2.22 bits per heavy atom. The first-order valence-corrected chi connectivity index (χ1v) is 5.03. The van der Waals surface area contributed by atoms with E-state index < -0.39 is 39.5 Å². The molecular formula is C10H12N2O6. The Bertz CT molecular complexity index is 514. The number of aliphatic hydroxyl groups is 2. The third-order valence-corrected chi connectivity index (χ3v) is 2.72. The van der Waals surface area contributed by atoms with Crippen molar-refractivity contribution in [3.8, 4) is 0 Å². The zero-order valence-electron chi connectivity index (χ0n) is 9.78. The van der Waals surface area contributed by atoms with Gasteiger partial charge >= 0.3 is 0 Å². The monoisotopic (exact) mass is 256 g/mol. The molecular weight excluding hydrogens is 244 g/mol. The molecule has 0 amide bonds. The molecule has 8 heteroatoms. The molecule has 2 N–H and O–H groups in total. The second-order valence-electron chi connectivity index (χ2n) is 3.81. The highest BCUT2D eigenvalue weighted by Crippen LogP contribution is 2.38. The van der Waals surface area contributed by atoms with Crippen LogP contribution in [0.5, 0.6) is 0 Å². The number of benzene rings is 1. The van der Waals surface area contributed by atoms with Crippen LogP contribution in [0, 0.1) is 34.1 Å². The van der Waals surface area contributed by atoms with Gasteiger partial charge in [0.05, 0.1) is 16.5 Å². The molecule has 1 unspecified atom stereocenters. The smallest absolute Gasteiger partial charge is 0.285 e. The van der Waals surface area contributed by atoms with Crippen LogP contribution in [0.25, 0.3) is 0 Å².